The van der Waals surface area contributed by atoms with Gasteiger partial charge in [0.25, 0.3) is 0 Å². The lowest BCUT2D eigenvalue weighted by Gasteiger charge is -2.01. The quantitative estimate of drug-likeness (QED) is 0.149. The molecule has 0 atom stereocenters. The number of hydrogen-bond donors (Lipinski definition) is 0. The van der Waals surface area contributed by atoms with Crippen molar-refractivity contribution in [3.8, 4) is 0 Å². The Morgan fingerprint density at radius 2 is 0.667 bits per heavy atom. The lowest BCUT2D eigenvalue weighted by atomic mass is 10.1. The van der Waals surface area contributed by atoms with Crippen molar-refractivity contribution in [2.24, 2.45) is 0 Å². The van der Waals surface area contributed by atoms with E-state index in [-0.39, 0.29) is 0 Å². The maximum atomic E-state index is 4.48. The van der Waals surface area contributed by atoms with Crippen LogP contribution < -0.4 is 0 Å². The molecule has 84 heavy (non-hydrogen) atoms. The number of para-hydroxylation sites is 2. The summed E-state index contributed by atoms with van der Waals surface area (Å²) in [5, 5.41) is 8.66. The Morgan fingerprint density at radius 3 is 1.38 bits per heavy atom. The van der Waals surface area contributed by atoms with E-state index in [1.165, 1.54) is 87.8 Å². The molecule has 0 unspecified atom stereocenters. The standard InChI is InChI=1S/7C11H11N/c1-8-3-6-11-10(7-8)5-4-9(2)12-11;1-8-3-5-10-6-4-9(2)12-11(10)7-8;1-8-3-4-11-10(5-8)6-9(2)7-12-11;1-8-6-10-9(2)4-3-5-11(10)12-7-8;1-8-4-3-5-11-10(8)7-6-9(2)12-11;1-8-4-3-5-10-7-6-9(2)12-11(8)10;1-8-7-9(2)12-11-6-4-3-5-10(8)11/h7*3-7H,1-2H3. The van der Waals surface area contributed by atoms with Crippen LogP contribution in [0.15, 0.2) is 213 Å². The van der Waals surface area contributed by atoms with Gasteiger partial charge in [-0.2, -0.15) is 0 Å². The molecule has 0 spiro atoms. The fraction of sp³-hybridized carbons (Fsp3) is 0.182. The minimum absolute atomic E-state index is 1.08. The van der Waals surface area contributed by atoms with Crippen molar-refractivity contribution in [2.75, 3.05) is 0 Å². The van der Waals surface area contributed by atoms with Gasteiger partial charge in [-0.15, -0.1) is 0 Å². The van der Waals surface area contributed by atoms with Gasteiger partial charge in [-0.1, -0.05) is 120 Å². The van der Waals surface area contributed by atoms with Crippen LogP contribution in [0.2, 0.25) is 0 Å². The second kappa shape index (κ2) is 28.4. The Hall–Kier alpha value is -9.59. The van der Waals surface area contributed by atoms with E-state index in [0.717, 1.165) is 67.1 Å². The molecule has 0 aliphatic carbocycles. The van der Waals surface area contributed by atoms with Crippen LogP contribution in [0.3, 0.4) is 0 Å². The van der Waals surface area contributed by atoms with Gasteiger partial charge in [-0.25, -0.2) is 0 Å². The normalized spacial score (nSPS) is 10.5. The van der Waals surface area contributed by atoms with Crippen molar-refractivity contribution in [1.82, 2.24) is 34.9 Å². The van der Waals surface area contributed by atoms with E-state index in [9.17, 15) is 0 Å². The van der Waals surface area contributed by atoms with Crippen molar-refractivity contribution < 1.29 is 0 Å². The smallest absolute Gasteiger partial charge is 0.0734 e. The van der Waals surface area contributed by atoms with Crippen LogP contribution in [0.1, 0.15) is 78.5 Å². The lowest BCUT2D eigenvalue weighted by molar-refractivity contribution is 1.23. The summed E-state index contributed by atoms with van der Waals surface area (Å²) in [4.78, 5) is 30.9. The molecule has 14 rings (SSSR count). The summed E-state index contributed by atoms with van der Waals surface area (Å²) in [5.41, 5.74) is 24.5. The highest BCUT2D eigenvalue weighted by Crippen LogP contribution is 2.21. The van der Waals surface area contributed by atoms with Crippen molar-refractivity contribution in [3.63, 3.8) is 0 Å². The van der Waals surface area contributed by atoms with E-state index in [2.05, 4.69) is 249 Å². The summed E-state index contributed by atoms with van der Waals surface area (Å²) in [5.74, 6) is 0. The molecule has 0 bridgehead atoms. The van der Waals surface area contributed by atoms with Crippen LogP contribution in [0.25, 0.3) is 76.3 Å². The van der Waals surface area contributed by atoms with Crippen molar-refractivity contribution in [3.05, 3.63) is 291 Å². The molecule has 7 aromatic carbocycles. The largest absolute Gasteiger partial charge is 0.256 e. The molecule has 7 heteroatoms. The SMILES string of the molecule is Cc1cc(C)c2ccccc2n1.Cc1ccc2c(C)cccc2n1.Cc1ccc2ccc(C)nc2c1.Cc1ccc2cccc(C)c2n1.Cc1ccc2nc(C)ccc2c1.Cc1ccc2ncc(C)cc2c1.Cc1cnc2cccc(C)c2c1. The second-order valence-electron chi connectivity index (χ2n) is 22.0. The van der Waals surface area contributed by atoms with Gasteiger partial charge >= 0.3 is 0 Å². The average Bonchev–Trinajstić information content (AvgIpc) is 3.68. The van der Waals surface area contributed by atoms with Crippen LogP contribution >= 0.6 is 0 Å². The Labute approximate surface area is 496 Å². The van der Waals surface area contributed by atoms with Crippen LogP contribution in [0, 0.1) is 96.9 Å². The summed E-state index contributed by atoms with van der Waals surface area (Å²) < 4.78 is 0. The van der Waals surface area contributed by atoms with E-state index in [4.69, 9.17) is 0 Å². The number of hydrogen-bond acceptors (Lipinski definition) is 7. The van der Waals surface area contributed by atoms with E-state index in [1.807, 2.05) is 95.5 Å². The highest BCUT2D eigenvalue weighted by molar-refractivity contribution is 5.85. The van der Waals surface area contributed by atoms with Crippen LogP contribution in [0.4, 0.5) is 0 Å². The van der Waals surface area contributed by atoms with Crippen molar-refractivity contribution in [1.29, 1.82) is 0 Å². The fourth-order valence-electron chi connectivity index (χ4n) is 9.76. The molecular formula is C77H77N7. The van der Waals surface area contributed by atoms with Crippen molar-refractivity contribution >= 4 is 76.3 Å². The molecule has 7 aromatic heterocycles. The Morgan fingerprint density at radius 1 is 0.214 bits per heavy atom. The van der Waals surface area contributed by atoms with Gasteiger partial charge in [-0.3, -0.25) is 34.9 Å². The van der Waals surface area contributed by atoms with Crippen LogP contribution in [-0.4, -0.2) is 34.9 Å². The van der Waals surface area contributed by atoms with Crippen LogP contribution in [0.5, 0.6) is 0 Å². The molecule has 0 aliphatic rings. The number of fused-ring (bicyclic) bond motifs is 7. The highest BCUT2D eigenvalue weighted by Gasteiger charge is 2.02. The summed E-state index contributed by atoms with van der Waals surface area (Å²) in [6.45, 7) is 28.9. The summed E-state index contributed by atoms with van der Waals surface area (Å²) in [6, 6.07) is 68.9. The molecular weight excluding hydrogens is 1020 g/mol. The zero-order chi connectivity index (χ0) is 59.9. The predicted molar refractivity (Wildman–Crippen MR) is 359 cm³/mol. The molecule has 0 saturated heterocycles. The molecule has 0 amide bonds. The topological polar surface area (TPSA) is 90.2 Å². The monoisotopic (exact) mass is 1100 g/mol. The van der Waals surface area contributed by atoms with Gasteiger partial charge < -0.3 is 0 Å². The van der Waals surface area contributed by atoms with Gasteiger partial charge in [0, 0.05) is 78.6 Å². The molecule has 7 heterocycles. The maximum Gasteiger partial charge on any atom is 0.0734 e. The lowest BCUT2D eigenvalue weighted by Crippen LogP contribution is -1.85. The Bertz CT molecular complexity index is 4240. The molecule has 7 nitrogen and oxygen atoms in total. The van der Waals surface area contributed by atoms with Gasteiger partial charge in [0.15, 0.2) is 0 Å². The molecule has 0 fully saturated rings. The zero-order valence-corrected chi connectivity index (χ0v) is 51.3. The third-order valence-electron chi connectivity index (χ3n) is 14.2. The molecule has 0 N–H and O–H groups in total. The van der Waals surface area contributed by atoms with Gasteiger partial charge in [-0.05, 0) is 227 Å². The van der Waals surface area contributed by atoms with Crippen molar-refractivity contribution in [2.45, 2.75) is 96.9 Å². The van der Waals surface area contributed by atoms with E-state index < -0.39 is 0 Å². The molecule has 0 aliphatic heterocycles. The summed E-state index contributed by atoms with van der Waals surface area (Å²) in [6.07, 6.45) is 3.80. The first-order valence-electron chi connectivity index (χ1n) is 28.7. The second-order valence-corrected chi connectivity index (χ2v) is 22.0. The first-order valence-corrected chi connectivity index (χ1v) is 28.7. The highest BCUT2D eigenvalue weighted by atomic mass is 14.7. The predicted octanol–water partition coefficient (Wildman–Crippen LogP) is 20.0. The molecule has 14 aromatic rings. The minimum Gasteiger partial charge on any atom is -0.256 e. The van der Waals surface area contributed by atoms with Crippen LogP contribution in [-0.2, 0) is 0 Å². The van der Waals surface area contributed by atoms with E-state index in [1.54, 1.807) is 0 Å². The third kappa shape index (κ3) is 16.8. The molecule has 0 radical (unpaired) electrons. The molecule has 0 saturated carbocycles. The van der Waals surface area contributed by atoms with Gasteiger partial charge in [0.1, 0.15) is 0 Å². The Kier molecular flexibility index (Phi) is 20.5. The maximum absolute atomic E-state index is 4.48. The number of benzene rings is 7. The molecule has 420 valence electrons. The number of nitrogens with zero attached hydrogens (tertiary/aromatic N) is 7. The third-order valence-corrected chi connectivity index (χ3v) is 14.2. The number of aromatic nitrogens is 7. The first kappa shape index (κ1) is 60.5. The fourth-order valence-corrected chi connectivity index (χ4v) is 9.76. The van der Waals surface area contributed by atoms with Gasteiger partial charge in [0.05, 0.1) is 38.6 Å². The number of pyridine rings is 7. The first-order chi connectivity index (χ1) is 40.3. The summed E-state index contributed by atoms with van der Waals surface area (Å²) >= 11 is 0. The van der Waals surface area contributed by atoms with E-state index >= 15 is 0 Å². The zero-order valence-electron chi connectivity index (χ0n) is 51.3. The van der Waals surface area contributed by atoms with Gasteiger partial charge in [0.2, 0.25) is 0 Å². The minimum atomic E-state index is 1.08. The number of rotatable bonds is 0. The van der Waals surface area contributed by atoms with E-state index in [0.29, 0.717) is 0 Å². The Balaban J connectivity index is 0.000000128. The average molecular weight is 1100 g/mol. The summed E-state index contributed by atoms with van der Waals surface area (Å²) in [7, 11) is 0. The number of aryl methyl sites for hydroxylation is 14.